The molecule has 22 N–H and O–H groups in total. The number of carboxylic acids is 2. The maximum absolute atomic E-state index is 14.2. The highest BCUT2D eigenvalue weighted by atomic mass is 16.4. The summed E-state index contributed by atoms with van der Waals surface area (Å²) in [5, 5.41) is 66.5. The summed E-state index contributed by atoms with van der Waals surface area (Å²) in [6.07, 6.45) is 7.39. The summed E-state index contributed by atoms with van der Waals surface area (Å²) in [5.74, 6) is -12.9. The molecule has 10 atom stereocenters. The fourth-order valence-electron chi connectivity index (χ4n) is 8.94. The van der Waals surface area contributed by atoms with Crippen LogP contribution in [0.2, 0.25) is 0 Å². The molecule has 0 aliphatic rings. The number of nitrogens with zero attached hydrogens (tertiary/aromatic N) is 3. The van der Waals surface area contributed by atoms with Crippen LogP contribution in [0.3, 0.4) is 0 Å². The SMILES string of the molecule is CC[C@H](C)[C@H](NC(=O)[C@H](CO)NC(=O)[C@H](CO)NC(=O)[C@H](CC(C)C)NC(=O)[C@H](CCCCN)NC(=O)[C@H](Cc1cnc[nH]1)NC(=O)CCNC(=O)[C@H](Cc1cnc[nH]1)NC(=O)CCNC(=O)[C@H](Cc1cnc[nH]1)NC(=O)CCN)C(=O)N[C@@H](CCC(=O)O)C(=O)O. The second kappa shape index (κ2) is 41.1. The molecule has 3 rings (SSSR count). The molecule has 0 spiro atoms. The Bertz CT molecular complexity index is 2860. The molecule has 0 saturated heterocycles. The number of carboxylic acid groups (broad SMARTS) is 2. The quantitative estimate of drug-likeness (QED) is 0.0234. The van der Waals surface area contributed by atoms with Crippen molar-refractivity contribution in [1.29, 1.82) is 0 Å². The third-order valence-electron chi connectivity index (χ3n) is 14.2. The first-order valence-corrected chi connectivity index (χ1v) is 30.1. The second-order valence-corrected chi connectivity index (χ2v) is 22.1. The minimum atomic E-state index is -1.80. The molecule has 3 heterocycles. The van der Waals surface area contributed by atoms with Gasteiger partial charge in [0.2, 0.25) is 65.0 Å². The molecule has 36 heteroatoms. The van der Waals surface area contributed by atoms with Gasteiger partial charge in [-0.05, 0) is 50.5 Å². The Labute approximate surface area is 529 Å². The van der Waals surface area contributed by atoms with E-state index in [0.717, 1.165) is 0 Å². The van der Waals surface area contributed by atoms with Crippen molar-refractivity contribution in [2.75, 3.05) is 39.4 Å². The van der Waals surface area contributed by atoms with Gasteiger partial charge < -0.3 is 105 Å². The van der Waals surface area contributed by atoms with Gasteiger partial charge in [-0.3, -0.25) is 57.5 Å². The van der Waals surface area contributed by atoms with Crippen LogP contribution in [-0.4, -0.2) is 221 Å². The number of nitrogens with one attached hydrogen (secondary N) is 14. The number of hydrogen-bond acceptors (Lipinski definition) is 20. The van der Waals surface area contributed by atoms with Gasteiger partial charge in [-0.25, -0.2) is 19.7 Å². The molecule has 0 unspecified atom stereocenters. The number of aliphatic hydroxyl groups excluding tert-OH is 2. The third kappa shape index (κ3) is 28.2. The summed E-state index contributed by atoms with van der Waals surface area (Å²) in [4.78, 5) is 192. The number of aromatic amines is 3. The number of aliphatic hydroxyl groups is 2. The van der Waals surface area contributed by atoms with Crippen LogP contribution in [-0.2, 0) is 81.6 Å². The molecule has 0 radical (unpaired) electrons. The number of carbonyl (C=O) groups excluding carboxylic acids is 11. The van der Waals surface area contributed by atoms with Crippen LogP contribution in [0, 0.1) is 11.8 Å². The van der Waals surface area contributed by atoms with Gasteiger partial charge in [0.25, 0.3) is 0 Å². The van der Waals surface area contributed by atoms with Crippen LogP contribution in [0.4, 0.5) is 0 Å². The highest BCUT2D eigenvalue weighted by Crippen LogP contribution is 2.13. The highest BCUT2D eigenvalue weighted by molar-refractivity contribution is 5.98. The largest absolute Gasteiger partial charge is 0.481 e. The van der Waals surface area contributed by atoms with E-state index in [-0.39, 0.29) is 83.5 Å². The highest BCUT2D eigenvalue weighted by Gasteiger charge is 2.36. The van der Waals surface area contributed by atoms with Crippen molar-refractivity contribution in [3.05, 3.63) is 54.7 Å². The number of carbonyl (C=O) groups is 13. The Hall–Kier alpha value is -9.42. The molecular weight excluding hydrogens is 1210 g/mol. The van der Waals surface area contributed by atoms with Gasteiger partial charge in [-0.1, -0.05) is 34.1 Å². The first-order valence-electron chi connectivity index (χ1n) is 30.1. The van der Waals surface area contributed by atoms with Crippen LogP contribution < -0.4 is 70.0 Å². The zero-order valence-corrected chi connectivity index (χ0v) is 51.8. The summed E-state index contributed by atoms with van der Waals surface area (Å²) < 4.78 is 0. The topological polar surface area (TPSA) is 573 Å². The molecule has 0 saturated carbocycles. The van der Waals surface area contributed by atoms with Crippen LogP contribution in [0.1, 0.15) is 109 Å². The molecule has 0 aliphatic carbocycles. The van der Waals surface area contributed by atoms with Crippen molar-refractivity contribution in [2.45, 2.75) is 166 Å². The predicted octanol–water partition coefficient (Wildman–Crippen LogP) is -6.24. The number of amides is 11. The summed E-state index contributed by atoms with van der Waals surface area (Å²) in [6, 6.07) is -13.1. The molecule has 510 valence electrons. The lowest BCUT2D eigenvalue weighted by atomic mass is 9.97. The number of aromatic nitrogens is 6. The van der Waals surface area contributed by atoms with Gasteiger partial charge in [-0.2, -0.15) is 0 Å². The van der Waals surface area contributed by atoms with Gasteiger partial charge >= 0.3 is 11.9 Å². The Morgan fingerprint density at radius 3 is 1.26 bits per heavy atom. The van der Waals surface area contributed by atoms with E-state index in [1.165, 1.54) is 37.6 Å². The fourth-order valence-corrected chi connectivity index (χ4v) is 8.94. The van der Waals surface area contributed by atoms with Crippen molar-refractivity contribution in [1.82, 2.24) is 88.4 Å². The number of rotatable bonds is 45. The number of aliphatic carboxylic acids is 2. The molecule has 0 aromatic carbocycles. The summed E-state index contributed by atoms with van der Waals surface area (Å²) >= 11 is 0. The van der Waals surface area contributed by atoms with Gasteiger partial charge in [0.15, 0.2) is 0 Å². The minimum absolute atomic E-state index is 0.0223. The second-order valence-electron chi connectivity index (χ2n) is 22.1. The molecule has 3 aromatic heterocycles. The van der Waals surface area contributed by atoms with Gasteiger partial charge in [0.05, 0.1) is 32.2 Å². The Morgan fingerprint density at radius 2 is 0.859 bits per heavy atom. The molecule has 0 fully saturated rings. The van der Waals surface area contributed by atoms with E-state index >= 15 is 0 Å². The van der Waals surface area contributed by atoms with E-state index in [9.17, 15) is 77.6 Å². The lowest BCUT2D eigenvalue weighted by Crippen LogP contribution is -2.61. The van der Waals surface area contributed by atoms with E-state index in [2.05, 4.69) is 88.4 Å². The summed E-state index contributed by atoms with van der Waals surface area (Å²) in [5.41, 5.74) is 12.7. The molecule has 36 nitrogen and oxygen atoms in total. The van der Waals surface area contributed by atoms with E-state index < -0.39 is 170 Å². The normalized spacial score (nSPS) is 14.4. The fraction of sp³-hybridized carbons (Fsp3) is 0.607. The van der Waals surface area contributed by atoms with Gasteiger partial charge in [-0.15, -0.1) is 0 Å². The Balaban J connectivity index is 1.71. The maximum atomic E-state index is 14.2. The average molecular weight is 1300 g/mol. The molecular formula is C56H89N19O17. The van der Waals surface area contributed by atoms with Crippen LogP contribution in [0.15, 0.2) is 37.6 Å². The first kappa shape index (κ1) is 76.8. The van der Waals surface area contributed by atoms with Crippen molar-refractivity contribution >= 4 is 76.9 Å². The number of unbranched alkanes of at least 4 members (excludes halogenated alkanes) is 1. The van der Waals surface area contributed by atoms with Gasteiger partial charge in [0, 0.05) is 100 Å². The third-order valence-corrected chi connectivity index (χ3v) is 14.2. The zero-order chi connectivity index (χ0) is 68.3. The zero-order valence-electron chi connectivity index (χ0n) is 51.8. The first-order chi connectivity index (χ1) is 43.8. The molecule has 92 heavy (non-hydrogen) atoms. The number of nitrogens with two attached hydrogens (primary N) is 2. The number of imidazole rings is 3. The van der Waals surface area contributed by atoms with Crippen LogP contribution in [0.5, 0.6) is 0 Å². The van der Waals surface area contributed by atoms with Crippen LogP contribution >= 0.6 is 0 Å². The molecule has 11 amide bonds. The lowest BCUT2D eigenvalue weighted by molar-refractivity contribution is -0.144. The summed E-state index contributed by atoms with van der Waals surface area (Å²) in [7, 11) is 0. The molecule has 0 aliphatic heterocycles. The minimum Gasteiger partial charge on any atom is -0.481 e. The van der Waals surface area contributed by atoms with E-state index in [1.54, 1.807) is 27.7 Å². The lowest BCUT2D eigenvalue weighted by Gasteiger charge is -2.28. The van der Waals surface area contributed by atoms with Crippen LogP contribution in [0.25, 0.3) is 0 Å². The smallest absolute Gasteiger partial charge is 0.326 e. The average Bonchev–Trinajstić information content (AvgIpc) is 2.00. The van der Waals surface area contributed by atoms with E-state index in [0.29, 0.717) is 29.9 Å². The van der Waals surface area contributed by atoms with Gasteiger partial charge in [0.1, 0.15) is 54.4 Å². The van der Waals surface area contributed by atoms with Crippen molar-refractivity contribution < 1.29 is 82.8 Å². The van der Waals surface area contributed by atoms with Crippen molar-refractivity contribution in [3.8, 4) is 0 Å². The van der Waals surface area contributed by atoms with Crippen molar-refractivity contribution in [3.63, 3.8) is 0 Å². The van der Waals surface area contributed by atoms with Crippen molar-refractivity contribution in [2.24, 2.45) is 23.3 Å². The monoisotopic (exact) mass is 1300 g/mol. The van der Waals surface area contributed by atoms with E-state index in [1.807, 2.05) is 0 Å². The Morgan fingerprint density at radius 1 is 0.457 bits per heavy atom. The maximum Gasteiger partial charge on any atom is 0.326 e. The standard InChI is InChI=1S/C56H89N19O17/c1-5-31(4)47(55(90)71-36(56(91)92)9-10-46(81)82)75-54(89)42(26-77)74-53(88)41(25-76)73-51(86)37(18-30(2)3)72-50(85)35(8-6-7-14-57)70-52(87)40(21-34-24-61-29-66-34)69-45(80)13-17-63-49(84)39(20-33-23-60-28-65-33)68-44(79)12-16-62-48(83)38(67-43(78)11-15-58)19-32-22-59-27-64-32/h22-24,27-31,35-42,47,76-77H,5-21,25-26,57-58H2,1-4H3,(H,59,64)(H,60,65)(H,61,66)(H,62,83)(H,63,84)(H,67,78)(H,68,79)(H,69,80)(H,70,87)(H,71,90)(H,72,85)(H,73,86)(H,74,88)(H,75,89)(H,81,82)(H,91,92)/t31-,35-,36-,37-,38-,39-,40-,41-,42-,47-/m0/s1. The predicted molar refractivity (Wildman–Crippen MR) is 324 cm³/mol. The molecule has 0 bridgehead atoms. The van der Waals surface area contributed by atoms with E-state index in [4.69, 9.17) is 16.6 Å². The number of hydrogen-bond donors (Lipinski definition) is 20. The number of H-pyrrole nitrogens is 3. The summed E-state index contributed by atoms with van der Waals surface area (Å²) in [6.45, 7) is 4.30. The molecule has 3 aromatic rings. The Kier molecular flexibility index (Phi) is 34.3.